The predicted molar refractivity (Wildman–Crippen MR) is 75.4 cm³/mol. The predicted octanol–water partition coefficient (Wildman–Crippen LogP) is 2.40. The number of carbonyl (C=O) groups is 2. The van der Waals surface area contributed by atoms with Crippen molar-refractivity contribution in [1.82, 2.24) is 4.90 Å². The maximum atomic E-state index is 12.2. The van der Waals surface area contributed by atoms with Gasteiger partial charge in [0.25, 0.3) is 5.91 Å². The van der Waals surface area contributed by atoms with Crippen molar-refractivity contribution < 1.29 is 23.8 Å². The molecule has 2 heterocycles. The third kappa shape index (κ3) is 4.07. The van der Waals surface area contributed by atoms with Crippen LogP contribution in [-0.4, -0.2) is 46.7 Å². The largest absolute Gasteiger partial charge is 0.478 e. The molecule has 1 N–H and O–H groups in total. The molecule has 1 aromatic heterocycles. The number of hydrogen-bond donors (Lipinski definition) is 1. The van der Waals surface area contributed by atoms with Gasteiger partial charge in [-0.15, -0.1) is 0 Å². The Bertz CT molecular complexity index is 520. The van der Waals surface area contributed by atoms with Gasteiger partial charge < -0.3 is 19.2 Å². The minimum Gasteiger partial charge on any atom is -0.478 e. The summed E-state index contributed by atoms with van der Waals surface area (Å²) in [7, 11) is 0. The molecule has 1 amide bonds. The number of furan rings is 1. The van der Waals surface area contributed by atoms with Crippen molar-refractivity contribution >= 4 is 11.9 Å². The van der Waals surface area contributed by atoms with Crippen LogP contribution in [0.15, 0.2) is 16.7 Å². The molecule has 6 heteroatoms. The molecule has 0 aromatic carbocycles. The Morgan fingerprint density at radius 3 is 2.43 bits per heavy atom. The van der Waals surface area contributed by atoms with Gasteiger partial charge in [0.2, 0.25) is 0 Å². The van der Waals surface area contributed by atoms with Crippen molar-refractivity contribution in [2.24, 2.45) is 0 Å². The van der Waals surface area contributed by atoms with Gasteiger partial charge in [0, 0.05) is 19.2 Å². The summed E-state index contributed by atoms with van der Waals surface area (Å²) in [4.78, 5) is 24.7. The molecule has 6 nitrogen and oxygen atoms in total. The number of carbonyl (C=O) groups excluding carboxylic acids is 1. The minimum atomic E-state index is -1.10. The Kier molecular flexibility index (Phi) is 4.37. The van der Waals surface area contributed by atoms with Gasteiger partial charge in [0.15, 0.2) is 5.76 Å². The quantitative estimate of drug-likeness (QED) is 0.926. The number of nitrogens with zero attached hydrogens (tertiary/aromatic N) is 1. The molecular formula is C15H21NO5. The summed E-state index contributed by atoms with van der Waals surface area (Å²) in [6.07, 6.45) is 2.79. The highest BCUT2D eigenvalue weighted by molar-refractivity contribution is 5.95. The van der Waals surface area contributed by atoms with E-state index >= 15 is 0 Å². The highest BCUT2D eigenvalue weighted by atomic mass is 16.5. The topological polar surface area (TPSA) is 80.0 Å². The monoisotopic (exact) mass is 295 g/mol. The number of amides is 1. The van der Waals surface area contributed by atoms with Crippen LogP contribution in [0.25, 0.3) is 0 Å². The highest BCUT2D eigenvalue weighted by Crippen LogP contribution is 2.21. The number of carboxylic acid groups (broad SMARTS) is 1. The first-order chi connectivity index (χ1) is 9.76. The van der Waals surface area contributed by atoms with Crippen LogP contribution in [0.1, 0.15) is 54.5 Å². The number of ether oxygens (including phenoxy) is 1. The standard InChI is InChI=1S/C15H21NO5/c1-15(2,3)21-11-4-6-16(7-5-11)13(17)12-8-10(9-20-12)14(18)19/h8-9,11H,4-7H2,1-3H3,(H,18,19). The lowest BCUT2D eigenvalue weighted by atomic mass is 10.1. The first-order valence-electron chi connectivity index (χ1n) is 7.05. The first-order valence-corrected chi connectivity index (χ1v) is 7.05. The second-order valence-electron chi connectivity index (χ2n) is 6.23. The molecule has 21 heavy (non-hydrogen) atoms. The zero-order chi connectivity index (χ0) is 15.6. The van der Waals surface area contributed by atoms with E-state index in [1.807, 2.05) is 20.8 Å². The molecule has 116 valence electrons. The number of hydrogen-bond acceptors (Lipinski definition) is 4. The molecule has 0 atom stereocenters. The lowest BCUT2D eigenvalue weighted by molar-refractivity contribution is -0.0792. The number of carboxylic acids is 1. The van der Waals surface area contributed by atoms with Crippen LogP contribution in [-0.2, 0) is 4.74 Å². The van der Waals surface area contributed by atoms with E-state index < -0.39 is 5.97 Å². The third-order valence-electron chi connectivity index (χ3n) is 3.31. The highest BCUT2D eigenvalue weighted by Gasteiger charge is 2.28. The molecule has 1 aliphatic rings. The molecule has 1 aromatic rings. The van der Waals surface area contributed by atoms with E-state index in [9.17, 15) is 9.59 Å². The van der Waals surface area contributed by atoms with Gasteiger partial charge in [-0.05, 0) is 33.6 Å². The van der Waals surface area contributed by atoms with Crippen molar-refractivity contribution in [2.75, 3.05) is 13.1 Å². The van der Waals surface area contributed by atoms with E-state index in [0.717, 1.165) is 19.1 Å². The molecule has 1 saturated heterocycles. The van der Waals surface area contributed by atoms with Crippen LogP contribution < -0.4 is 0 Å². The molecule has 0 radical (unpaired) electrons. The summed E-state index contributed by atoms with van der Waals surface area (Å²) in [5.74, 6) is -1.30. The summed E-state index contributed by atoms with van der Waals surface area (Å²) < 4.78 is 11.0. The summed E-state index contributed by atoms with van der Waals surface area (Å²) in [5, 5.41) is 8.83. The Morgan fingerprint density at radius 1 is 1.33 bits per heavy atom. The van der Waals surface area contributed by atoms with Crippen LogP contribution in [0.5, 0.6) is 0 Å². The van der Waals surface area contributed by atoms with Gasteiger partial charge in [-0.3, -0.25) is 4.79 Å². The van der Waals surface area contributed by atoms with Gasteiger partial charge in [0.1, 0.15) is 6.26 Å². The lowest BCUT2D eigenvalue weighted by Crippen LogP contribution is -2.42. The van der Waals surface area contributed by atoms with E-state index in [2.05, 4.69) is 0 Å². The van der Waals surface area contributed by atoms with E-state index in [-0.39, 0.29) is 28.9 Å². The number of aromatic carboxylic acids is 1. The Morgan fingerprint density at radius 2 is 1.95 bits per heavy atom. The Hall–Kier alpha value is -1.82. The number of rotatable bonds is 3. The molecule has 0 spiro atoms. The smallest absolute Gasteiger partial charge is 0.338 e. The second kappa shape index (κ2) is 5.89. The zero-order valence-electron chi connectivity index (χ0n) is 12.6. The van der Waals surface area contributed by atoms with Gasteiger partial charge in [-0.2, -0.15) is 0 Å². The van der Waals surface area contributed by atoms with Crippen LogP contribution in [0, 0.1) is 0 Å². The Labute approximate surface area is 123 Å². The van der Waals surface area contributed by atoms with E-state index in [0.29, 0.717) is 13.1 Å². The molecule has 0 bridgehead atoms. The van der Waals surface area contributed by atoms with Crippen LogP contribution in [0.3, 0.4) is 0 Å². The third-order valence-corrected chi connectivity index (χ3v) is 3.31. The van der Waals surface area contributed by atoms with E-state index in [4.69, 9.17) is 14.3 Å². The summed E-state index contributed by atoms with van der Waals surface area (Å²) in [6.45, 7) is 7.22. The average molecular weight is 295 g/mol. The molecule has 0 unspecified atom stereocenters. The Balaban J connectivity index is 1.92. The fourth-order valence-electron chi connectivity index (χ4n) is 2.39. The SMILES string of the molecule is CC(C)(C)OC1CCN(C(=O)c2cc(C(=O)O)co2)CC1. The number of piperidine rings is 1. The maximum absolute atomic E-state index is 12.2. The van der Waals surface area contributed by atoms with Crippen molar-refractivity contribution in [2.45, 2.75) is 45.3 Å². The normalized spacial score (nSPS) is 17.0. The summed E-state index contributed by atoms with van der Waals surface area (Å²) in [6, 6.07) is 1.27. The molecule has 1 aliphatic heterocycles. The van der Waals surface area contributed by atoms with Gasteiger partial charge in [-0.1, -0.05) is 0 Å². The molecular weight excluding hydrogens is 274 g/mol. The van der Waals surface area contributed by atoms with Crippen LogP contribution in [0.4, 0.5) is 0 Å². The zero-order valence-corrected chi connectivity index (χ0v) is 12.6. The summed E-state index contributed by atoms with van der Waals surface area (Å²) >= 11 is 0. The van der Waals surface area contributed by atoms with Gasteiger partial charge >= 0.3 is 5.97 Å². The molecule has 1 fully saturated rings. The minimum absolute atomic E-state index is 0.00991. The molecule has 0 saturated carbocycles. The molecule has 2 rings (SSSR count). The fraction of sp³-hybridized carbons (Fsp3) is 0.600. The van der Waals surface area contributed by atoms with Crippen molar-refractivity contribution in [1.29, 1.82) is 0 Å². The second-order valence-corrected chi connectivity index (χ2v) is 6.23. The van der Waals surface area contributed by atoms with Crippen molar-refractivity contribution in [3.63, 3.8) is 0 Å². The van der Waals surface area contributed by atoms with Gasteiger partial charge in [0.05, 0.1) is 17.3 Å². The average Bonchev–Trinajstić information content (AvgIpc) is 2.86. The van der Waals surface area contributed by atoms with Gasteiger partial charge in [-0.25, -0.2) is 4.79 Å². The number of likely N-dealkylation sites (tertiary alicyclic amines) is 1. The molecule has 0 aliphatic carbocycles. The van der Waals surface area contributed by atoms with Crippen molar-refractivity contribution in [3.8, 4) is 0 Å². The van der Waals surface area contributed by atoms with Crippen LogP contribution >= 0.6 is 0 Å². The van der Waals surface area contributed by atoms with E-state index in [1.165, 1.54) is 6.07 Å². The summed E-state index contributed by atoms with van der Waals surface area (Å²) in [5.41, 5.74) is -0.196. The van der Waals surface area contributed by atoms with E-state index in [1.54, 1.807) is 4.90 Å². The maximum Gasteiger partial charge on any atom is 0.338 e. The van der Waals surface area contributed by atoms with Crippen LogP contribution in [0.2, 0.25) is 0 Å². The fourth-order valence-corrected chi connectivity index (χ4v) is 2.39. The lowest BCUT2D eigenvalue weighted by Gasteiger charge is -2.35. The van der Waals surface area contributed by atoms with Crippen molar-refractivity contribution in [3.05, 3.63) is 23.7 Å². The first kappa shape index (κ1) is 15.6.